The first kappa shape index (κ1) is 22.6. The Morgan fingerprint density at radius 3 is 2.31 bits per heavy atom. The lowest BCUT2D eigenvalue weighted by Gasteiger charge is -2.08. The Balaban J connectivity index is 1.73. The van der Waals surface area contributed by atoms with Crippen molar-refractivity contribution in [1.82, 2.24) is 0 Å². The predicted molar refractivity (Wildman–Crippen MR) is 123 cm³/mol. The van der Waals surface area contributed by atoms with E-state index in [1.54, 1.807) is 42.5 Å². The second kappa shape index (κ2) is 10.3. The largest absolute Gasteiger partial charge is 0.497 e. The first-order valence-corrected chi connectivity index (χ1v) is 9.93. The van der Waals surface area contributed by atoms with Crippen LogP contribution < -0.4 is 14.8 Å². The summed E-state index contributed by atoms with van der Waals surface area (Å²) in [5, 5.41) is 12.2. The van der Waals surface area contributed by atoms with Gasteiger partial charge in [-0.2, -0.15) is 5.26 Å². The average molecular weight is 447 g/mol. The molecule has 0 aromatic heterocycles. The number of ether oxygens (including phenoxy) is 2. The molecule has 1 amide bonds. The monoisotopic (exact) mass is 446 g/mol. The highest BCUT2D eigenvalue weighted by molar-refractivity contribution is 6.32. The first-order valence-electron chi connectivity index (χ1n) is 9.55. The molecule has 1 N–H and O–H groups in total. The van der Waals surface area contributed by atoms with Gasteiger partial charge < -0.3 is 14.8 Å². The number of anilines is 1. The highest BCUT2D eigenvalue weighted by Gasteiger charge is 2.13. The van der Waals surface area contributed by atoms with E-state index in [1.165, 1.54) is 25.3 Å². The summed E-state index contributed by atoms with van der Waals surface area (Å²) in [4.78, 5) is 24.7. The van der Waals surface area contributed by atoms with Crippen molar-refractivity contribution < 1.29 is 19.1 Å². The number of nitrogens with zero attached hydrogens (tertiary/aromatic N) is 1. The number of benzene rings is 3. The van der Waals surface area contributed by atoms with Crippen molar-refractivity contribution in [2.45, 2.75) is 6.92 Å². The molecule has 0 fully saturated rings. The minimum absolute atomic E-state index is 0.0929. The number of amides is 1. The van der Waals surface area contributed by atoms with Gasteiger partial charge in [0.2, 0.25) is 0 Å². The maximum atomic E-state index is 12.4. The van der Waals surface area contributed by atoms with E-state index in [1.807, 2.05) is 25.1 Å². The highest BCUT2D eigenvalue weighted by Crippen LogP contribution is 2.27. The fourth-order valence-corrected chi connectivity index (χ4v) is 2.95. The molecule has 0 spiro atoms. The van der Waals surface area contributed by atoms with E-state index in [2.05, 4.69) is 5.32 Å². The van der Waals surface area contributed by atoms with Crippen LogP contribution in [0.1, 0.15) is 21.5 Å². The standard InChI is InChI=1S/C25H19ClN2O4/c1-16-3-8-20(9-4-16)28-24(29)19(15-27)13-17-5-12-23(22(26)14-17)32-25(30)18-6-10-21(31-2)11-7-18/h3-14H,1-2H3,(H,28,29)/b19-13+. The van der Waals surface area contributed by atoms with E-state index >= 15 is 0 Å². The van der Waals surface area contributed by atoms with Gasteiger partial charge in [0.1, 0.15) is 23.1 Å². The lowest BCUT2D eigenvalue weighted by Crippen LogP contribution is -2.13. The van der Waals surface area contributed by atoms with Crippen molar-refractivity contribution in [1.29, 1.82) is 5.26 Å². The number of halogens is 1. The number of nitrogens with one attached hydrogen (secondary N) is 1. The molecule has 0 saturated heterocycles. The van der Waals surface area contributed by atoms with E-state index < -0.39 is 11.9 Å². The van der Waals surface area contributed by atoms with E-state index in [-0.39, 0.29) is 16.3 Å². The van der Waals surface area contributed by atoms with Gasteiger partial charge in [0.05, 0.1) is 17.7 Å². The Morgan fingerprint density at radius 1 is 1.03 bits per heavy atom. The normalized spacial score (nSPS) is 10.8. The van der Waals surface area contributed by atoms with Crippen molar-refractivity contribution in [2.24, 2.45) is 0 Å². The van der Waals surface area contributed by atoms with Gasteiger partial charge >= 0.3 is 5.97 Å². The number of methoxy groups -OCH3 is 1. The van der Waals surface area contributed by atoms with E-state index in [0.29, 0.717) is 22.6 Å². The van der Waals surface area contributed by atoms with Gasteiger partial charge in [-0.05, 0) is 67.1 Å². The second-order valence-electron chi connectivity index (χ2n) is 6.80. The van der Waals surface area contributed by atoms with Crippen LogP contribution in [0.3, 0.4) is 0 Å². The van der Waals surface area contributed by atoms with Crippen molar-refractivity contribution in [3.63, 3.8) is 0 Å². The molecule has 0 aliphatic carbocycles. The molecule has 3 rings (SSSR count). The van der Waals surface area contributed by atoms with Gasteiger partial charge in [-0.15, -0.1) is 0 Å². The molecule has 0 aliphatic rings. The number of hydrogen-bond acceptors (Lipinski definition) is 5. The van der Waals surface area contributed by atoms with Crippen LogP contribution in [0, 0.1) is 18.3 Å². The summed E-state index contributed by atoms with van der Waals surface area (Å²) in [6, 6.07) is 20.2. The molecule has 160 valence electrons. The fourth-order valence-electron chi connectivity index (χ4n) is 2.73. The van der Waals surface area contributed by atoms with Crippen molar-refractivity contribution in [3.8, 4) is 17.6 Å². The molecule has 0 unspecified atom stereocenters. The van der Waals surface area contributed by atoms with Crippen molar-refractivity contribution in [3.05, 3.63) is 94.0 Å². The molecular weight excluding hydrogens is 428 g/mol. The number of esters is 1. The zero-order chi connectivity index (χ0) is 23.1. The fraction of sp³-hybridized carbons (Fsp3) is 0.0800. The topological polar surface area (TPSA) is 88.4 Å². The summed E-state index contributed by atoms with van der Waals surface area (Å²) < 4.78 is 10.4. The summed E-state index contributed by atoms with van der Waals surface area (Å²) in [7, 11) is 1.53. The highest BCUT2D eigenvalue weighted by atomic mass is 35.5. The van der Waals surface area contributed by atoms with Crippen LogP contribution in [0.4, 0.5) is 5.69 Å². The Morgan fingerprint density at radius 2 is 1.72 bits per heavy atom. The third-order valence-corrected chi connectivity index (χ3v) is 4.77. The van der Waals surface area contributed by atoms with Gasteiger partial charge in [-0.25, -0.2) is 4.79 Å². The Hall–Kier alpha value is -4.08. The maximum Gasteiger partial charge on any atom is 0.343 e. The van der Waals surface area contributed by atoms with Gasteiger partial charge in [0.15, 0.2) is 0 Å². The molecule has 0 saturated carbocycles. The molecule has 6 nitrogen and oxygen atoms in total. The Kier molecular flexibility index (Phi) is 7.27. The lowest BCUT2D eigenvalue weighted by molar-refractivity contribution is -0.112. The SMILES string of the molecule is COc1ccc(C(=O)Oc2ccc(/C=C(\C#N)C(=O)Nc3ccc(C)cc3)cc2Cl)cc1. The van der Waals surface area contributed by atoms with Crippen molar-refractivity contribution >= 4 is 35.2 Å². The Bertz CT molecular complexity index is 1210. The summed E-state index contributed by atoms with van der Waals surface area (Å²) in [6.45, 7) is 1.94. The molecular formula is C25H19ClN2O4. The number of rotatable bonds is 6. The van der Waals surface area contributed by atoms with E-state index in [0.717, 1.165) is 5.56 Å². The van der Waals surface area contributed by atoms with Crippen LogP contribution in [-0.2, 0) is 4.79 Å². The first-order chi connectivity index (χ1) is 15.4. The van der Waals surface area contributed by atoms with Crippen molar-refractivity contribution in [2.75, 3.05) is 12.4 Å². The number of aryl methyl sites for hydroxylation is 1. The molecule has 0 heterocycles. The van der Waals surface area contributed by atoms with Crippen LogP contribution in [0.2, 0.25) is 5.02 Å². The number of carbonyl (C=O) groups is 2. The molecule has 0 aliphatic heterocycles. The minimum atomic E-state index is -0.576. The molecule has 0 radical (unpaired) electrons. The van der Waals surface area contributed by atoms with Crippen LogP contribution in [0.5, 0.6) is 11.5 Å². The van der Waals surface area contributed by atoms with Gasteiger partial charge in [0.25, 0.3) is 5.91 Å². The number of hydrogen-bond donors (Lipinski definition) is 1. The van der Waals surface area contributed by atoms with Gasteiger partial charge in [0, 0.05) is 5.69 Å². The smallest absolute Gasteiger partial charge is 0.343 e. The molecule has 0 atom stereocenters. The van der Waals surface area contributed by atoms with E-state index in [9.17, 15) is 14.9 Å². The summed E-state index contributed by atoms with van der Waals surface area (Å²) >= 11 is 6.25. The molecule has 0 bridgehead atoms. The maximum absolute atomic E-state index is 12.4. The Labute approximate surface area is 190 Å². The summed E-state index contributed by atoms with van der Waals surface area (Å²) in [6.07, 6.45) is 1.41. The molecule has 7 heteroatoms. The van der Waals surface area contributed by atoms with Gasteiger partial charge in [-0.1, -0.05) is 35.4 Å². The third kappa shape index (κ3) is 5.75. The average Bonchev–Trinajstić information content (AvgIpc) is 2.80. The molecule has 32 heavy (non-hydrogen) atoms. The second-order valence-corrected chi connectivity index (χ2v) is 7.21. The lowest BCUT2D eigenvalue weighted by atomic mass is 10.1. The quantitative estimate of drug-likeness (QED) is 0.236. The van der Waals surface area contributed by atoms with Gasteiger partial charge in [-0.3, -0.25) is 4.79 Å². The van der Waals surface area contributed by atoms with E-state index in [4.69, 9.17) is 21.1 Å². The number of carbonyl (C=O) groups excluding carboxylic acids is 2. The molecule has 3 aromatic carbocycles. The number of nitriles is 1. The van der Waals surface area contributed by atoms with Crippen LogP contribution >= 0.6 is 11.6 Å². The summed E-state index contributed by atoms with van der Waals surface area (Å²) in [5.74, 6) is -0.335. The predicted octanol–water partition coefficient (Wildman–Crippen LogP) is 5.42. The summed E-state index contributed by atoms with van der Waals surface area (Å²) in [5.41, 5.74) is 2.40. The van der Waals surface area contributed by atoms with Crippen LogP contribution in [0.15, 0.2) is 72.3 Å². The van der Waals surface area contributed by atoms with Crippen LogP contribution in [-0.4, -0.2) is 19.0 Å². The zero-order valence-electron chi connectivity index (χ0n) is 17.4. The van der Waals surface area contributed by atoms with Crippen LogP contribution in [0.25, 0.3) is 6.08 Å². The molecule has 3 aromatic rings. The third-order valence-electron chi connectivity index (χ3n) is 4.47. The zero-order valence-corrected chi connectivity index (χ0v) is 18.1. The minimum Gasteiger partial charge on any atom is -0.497 e.